The lowest BCUT2D eigenvalue weighted by molar-refractivity contribution is -0.134. The number of aryl methyl sites for hydroxylation is 1. The van der Waals surface area contributed by atoms with E-state index in [9.17, 15) is 4.79 Å². The molecular weight excluding hydrogens is 378 g/mol. The number of hydrogen-bond donors (Lipinski definition) is 0. The smallest absolute Gasteiger partial charge is 0.261 e. The normalized spacial score (nSPS) is 16.4. The average molecular weight is 398 g/mol. The van der Waals surface area contributed by atoms with Crippen LogP contribution in [0.15, 0.2) is 53.1 Å². The van der Waals surface area contributed by atoms with Crippen molar-refractivity contribution in [2.75, 3.05) is 13.2 Å². The maximum absolute atomic E-state index is 12.7. The largest absolute Gasteiger partial charge is 0.484 e. The third-order valence-corrected chi connectivity index (χ3v) is 4.97. The Morgan fingerprint density at radius 2 is 2.14 bits per heavy atom. The van der Waals surface area contributed by atoms with Gasteiger partial charge in [0.1, 0.15) is 11.8 Å². The van der Waals surface area contributed by atoms with E-state index in [0.29, 0.717) is 29.0 Å². The summed E-state index contributed by atoms with van der Waals surface area (Å²) in [4.78, 5) is 19.0. The van der Waals surface area contributed by atoms with E-state index in [0.717, 1.165) is 24.0 Å². The standard InChI is InChI=1S/C21H20ClN3O3/c1-14-5-2-8-17(11-14)27-13-19(26)25-10-4-9-18(25)21-23-20(24-28-21)15-6-3-7-16(22)12-15/h2-3,5-8,11-12,18H,4,9-10,13H2,1H3/t18-/m0/s1. The topological polar surface area (TPSA) is 68.5 Å². The zero-order chi connectivity index (χ0) is 19.5. The van der Waals surface area contributed by atoms with E-state index >= 15 is 0 Å². The number of carbonyl (C=O) groups is 1. The minimum absolute atomic E-state index is 0.0186. The van der Waals surface area contributed by atoms with Gasteiger partial charge in [-0.2, -0.15) is 4.98 Å². The molecule has 2 aromatic carbocycles. The molecule has 1 atom stereocenters. The molecule has 1 aliphatic heterocycles. The van der Waals surface area contributed by atoms with Crippen LogP contribution >= 0.6 is 11.6 Å². The Morgan fingerprint density at radius 3 is 2.96 bits per heavy atom. The van der Waals surface area contributed by atoms with E-state index in [1.165, 1.54) is 0 Å². The fraction of sp³-hybridized carbons (Fsp3) is 0.286. The van der Waals surface area contributed by atoms with Crippen LogP contribution in [0.2, 0.25) is 5.02 Å². The zero-order valence-electron chi connectivity index (χ0n) is 15.5. The summed E-state index contributed by atoms with van der Waals surface area (Å²) in [5.41, 5.74) is 1.87. The lowest BCUT2D eigenvalue weighted by Crippen LogP contribution is -2.34. The third-order valence-electron chi connectivity index (χ3n) is 4.73. The SMILES string of the molecule is Cc1cccc(OCC(=O)N2CCC[C@H]2c2nc(-c3cccc(Cl)c3)no2)c1. The molecule has 1 amide bonds. The second kappa shape index (κ2) is 8.02. The highest BCUT2D eigenvalue weighted by atomic mass is 35.5. The van der Waals surface area contributed by atoms with Gasteiger partial charge in [0.25, 0.3) is 5.91 Å². The second-order valence-corrected chi connectivity index (χ2v) is 7.25. The van der Waals surface area contributed by atoms with Crippen molar-refractivity contribution < 1.29 is 14.1 Å². The molecule has 2 heterocycles. The first-order valence-corrected chi connectivity index (χ1v) is 9.56. The van der Waals surface area contributed by atoms with E-state index in [1.54, 1.807) is 17.0 Å². The minimum Gasteiger partial charge on any atom is -0.484 e. The predicted molar refractivity (Wildman–Crippen MR) is 105 cm³/mol. The molecule has 28 heavy (non-hydrogen) atoms. The molecule has 1 aromatic heterocycles. The molecule has 1 aliphatic rings. The number of rotatable bonds is 5. The number of nitrogens with zero attached hydrogens (tertiary/aromatic N) is 3. The van der Waals surface area contributed by atoms with Gasteiger partial charge in [0, 0.05) is 17.1 Å². The van der Waals surface area contributed by atoms with Gasteiger partial charge < -0.3 is 14.2 Å². The van der Waals surface area contributed by atoms with Crippen molar-refractivity contribution in [2.24, 2.45) is 0 Å². The van der Waals surface area contributed by atoms with Crippen molar-refractivity contribution in [3.05, 3.63) is 65.0 Å². The monoisotopic (exact) mass is 397 g/mol. The average Bonchev–Trinajstić information content (AvgIpc) is 3.35. The Kier molecular flexibility index (Phi) is 5.30. The number of carbonyl (C=O) groups excluding carboxylic acids is 1. The van der Waals surface area contributed by atoms with Crippen LogP contribution in [0.4, 0.5) is 0 Å². The van der Waals surface area contributed by atoms with Crippen LogP contribution in [0, 0.1) is 6.92 Å². The maximum Gasteiger partial charge on any atom is 0.261 e. The minimum atomic E-state index is -0.228. The molecule has 0 aliphatic carbocycles. The third kappa shape index (κ3) is 4.02. The number of hydrogen-bond acceptors (Lipinski definition) is 5. The molecule has 6 nitrogen and oxygen atoms in total. The molecular formula is C21H20ClN3O3. The van der Waals surface area contributed by atoms with Crippen LogP contribution < -0.4 is 4.74 Å². The van der Waals surface area contributed by atoms with Crippen molar-refractivity contribution in [3.63, 3.8) is 0 Å². The van der Waals surface area contributed by atoms with E-state index in [4.69, 9.17) is 20.9 Å². The highest BCUT2D eigenvalue weighted by molar-refractivity contribution is 6.30. The first kappa shape index (κ1) is 18.5. The van der Waals surface area contributed by atoms with Crippen LogP contribution in [0.5, 0.6) is 5.75 Å². The number of likely N-dealkylation sites (tertiary alicyclic amines) is 1. The van der Waals surface area contributed by atoms with Crippen LogP contribution in [-0.4, -0.2) is 34.1 Å². The maximum atomic E-state index is 12.7. The van der Waals surface area contributed by atoms with Crippen LogP contribution in [0.3, 0.4) is 0 Å². The molecule has 0 unspecified atom stereocenters. The zero-order valence-corrected chi connectivity index (χ0v) is 16.2. The Balaban J connectivity index is 1.45. The lowest BCUT2D eigenvalue weighted by atomic mass is 10.2. The van der Waals surface area contributed by atoms with Gasteiger partial charge in [-0.15, -0.1) is 0 Å². The van der Waals surface area contributed by atoms with Crippen molar-refractivity contribution in [1.29, 1.82) is 0 Å². The Bertz CT molecular complexity index is 988. The highest BCUT2D eigenvalue weighted by Gasteiger charge is 2.34. The highest BCUT2D eigenvalue weighted by Crippen LogP contribution is 2.32. The number of halogens is 1. The van der Waals surface area contributed by atoms with Gasteiger partial charge in [-0.3, -0.25) is 4.79 Å². The van der Waals surface area contributed by atoms with Crippen LogP contribution in [0.25, 0.3) is 11.4 Å². The summed E-state index contributed by atoms with van der Waals surface area (Å²) in [5, 5.41) is 4.66. The Hall–Kier alpha value is -2.86. The van der Waals surface area contributed by atoms with Gasteiger partial charge in [0.2, 0.25) is 11.7 Å². The quantitative estimate of drug-likeness (QED) is 0.636. The molecule has 0 spiro atoms. The van der Waals surface area contributed by atoms with Gasteiger partial charge in [0.05, 0.1) is 0 Å². The fourth-order valence-corrected chi connectivity index (χ4v) is 3.56. The summed E-state index contributed by atoms with van der Waals surface area (Å²) in [7, 11) is 0. The van der Waals surface area contributed by atoms with Crippen LogP contribution in [-0.2, 0) is 4.79 Å². The van der Waals surface area contributed by atoms with E-state index in [1.807, 2.05) is 43.3 Å². The Morgan fingerprint density at radius 1 is 1.29 bits per heavy atom. The van der Waals surface area contributed by atoms with E-state index in [2.05, 4.69) is 10.1 Å². The summed E-state index contributed by atoms with van der Waals surface area (Å²) in [6.45, 7) is 2.61. The van der Waals surface area contributed by atoms with E-state index in [-0.39, 0.29) is 18.6 Å². The Labute approximate surface area is 168 Å². The molecule has 144 valence electrons. The van der Waals surface area contributed by atoms with Crippen molar-refractivity contribution in [1.82, 2.24) is 15.0 Å². The molecule has 0 N–H and O–H groups in total. The van der Waals surface area contributed by atoms with Crippen molar-refractivity contribution in [3.8, 4) is 17.1 Å². The van der Waals surface area contributed by atoms with Gasteiger partial charge in [-0.1, -0.05) is 41.0 Å². The molecule has 3 aromatic rings. The summed E-state index contributed by atoms with van der Waals surface area (Å²) < 4.78 is 11.1. The van der Waals surface area contributed by atoms with Crippen LogP contribution in [0.1, 0.15) is 30.3 Å². The van der Waals surface area contributed by atoms with Gasteiger partial charge >= 0.3 is 0 Å². The number of amides is 1. The molecule has 0 saturated carbocycles. The van der Waals surface area contributed by atoms with Gasteiger partial charge in [-0.25, -0.2) is 0 Å². The molecule has 0 radical (unpaired) electrons. The number of benzene rings is 2. The first-order chi connectivity index (χ1) is 13.6. The second-order valence-electron chi connectivity index (χ2n) is 6.82. The summed E-state index contributed by atoms with van der Waals surface area (Å²) in [6.07, 6.45) is 1.67. The molecule has 1 saturated heterocycles. The number of aromatic nitrogens is 2. The van der Waals surface area contributed by atoms with Gasteiger partial charge in [0.15, 0.2) is 6.61 Å². The van der Waals surface area contributed by atoms with Gasteiger partial charge in [-0.05, 0) is 49.6 Å². The summed E-state index contributed by atoms with van der Waals surface area (Å²) in [6, 6.07) is 14.7. The molecule has 4 rings (SSSR count). The predicted octanol–water partition coefficient (Wildman–Crippen LogP) is 4.44. The molecule has 1 fully saturated rings. The lowest BCUT2D eigenvalue weighted by Gasteiger charge is -2.21. The van der Waals surface area contributed by atoms with Crippen molar-refractivity contribution in [2.45, 2.75) is 25.8 Å². The van der Waals surface area contributed by atoms with Crippen molar-refractivity contribution >= 4 is 17.5 Å². The first-order valence-electron chi connectivity index (χ1n) is 9.18. The van der Waals surface area contributed by atoms with E-state index < -0.39 is 0 Å². The summed E-state index contributed by atoms with van der Waals surface area (Å²) >= 11 is 6.04. The molecule has 7 heteroatoms. The molecule has 0 bridgehead atoms. The number of ether oxygens (including phenoxy) is 1. The summed E-state index contributed by atoms with van der Waals surface area (Å²) in [5.74, 6) is 1.50. The fourth-order valence-electron chi connectivity index (χ4n) is 3.37.